The molecule has 0 atom stereocenters. The number of urea groups is 1. The molecule has 0 bridgehead atoms. The largest absolute Gasteiger partial charge is 0.338 e. The molecule has 0 aromatic carbocycles. The van der Waals surface area contributed by atoms with Crippen LogP contribution in [0.4, 0.5) is 9.80 Å². The van der Waals surface area contributed by atoms with E-state index in [9.17, 15) is 9.59 Å². The zero-order valence-corrected chi connectivity index (χ0v) is 14.0. The summed E-state index contributed by atoms with van der Waals surface area (Å²) in [6.07, 6.45) is 0.379. The fraction of sp³-hybridized carbons (Fsp3) is 0.533. The lowest BCUT2D eigenvalue weighted by Crippen LogP contribution is -2.52. The number of carbonyl (C=O) groups is 2. The van der Waals surface area contributed by atoms with Crippen LogP contribution in [0, 0.1) is 11.3 Å². The lowest BCUT2D eigenvalue weighted by atomic mass is 10.3. The van der Waals surface area contributed by atoms with Crippen molar-refractivity contribution in [1.29, 1.82) is 5.26 Å². The van der Waals surface area contributed by atoms with Crippen LogP contribution in [-0.4, -0.2) is 61.0 Å². The van der Waals surface area contributed by atoms with E-state index in [-0.39, 0.29) is 11.9 Å². The zero-order chi connectivity index (χ0) is 16.7. The summed E-state index contributed by atoms with van der Waals surface area (Å²) in [5.74, 6) is -0.0879. The van der Waals surface area contributed by atoms with Gasteiger partial charge in [-0.3, -0.25) is 9.69 Å². The van der Waals surface area contributed by atoms with E-state index in [0.29, 0.717) is 43.2 Å². The normalized spacial score (nSPS) is 15.0. The Kier molecular flexibility index (Phi) is 6.38. The molecule has 2 rings (SSSR count). The molecule has 0 aliphatic carbocycles. The second kappa shape index (κ2) is 8.50. The fourth-order valence-electron chi connectivity index (χ4n) is 2.38. The van der Waals surface area contributed by atoms with Gasteiger partial charge in [0.05, 0.1) is 5.56 Å². The molecular weight excluding hydrogens is 314 g/mol. The van der Waals surface area contributed by atoms with Gasteiger partial charge in [0, 0.05) is 45.7 Å². The van der Waals surface area contributed by atoms with Gasteiger partial charge in [-0.1, -0.05) is 0 Å². The van der Waals surface area contributed by atoms with Crippen molar-refractivity contribution >= 4 is 28.3 Å². The fourth-order valence-corrected chi connectivity index (χ4v) is 3.13. The number of piperazine rings is 1. The predicted octanol–water partition coefficient (Wildman–Crippen LogP) is 1.30. The van der Waals surface area contributed by atoms with E-state index in [0.717, 1.165) is 13.1 Å². The molecule has 1 aliphatic heterocycles. The summed E-state index contributed by atoms with van der Waals surface area (Å²) in [6, 6.07) is 3.73. The summed E-state index contributed by atoms with van der Waals surface area (Å²) in [6.45, 7) is 6.08. The Morgan fingerprint density at radius 2 is 2.09 bits per heavy atom. The van der Waals surface area contributed by atoms with Crippen LogP contribution in [0.15, 0.2) is 11.4 Å². The number of carbonyl (C=O) groups excluding carboxylic acids is 2. The molecule has 2 heterocycles. The van der Waals surface area contributed by atoms with Gasteiger partial charge in [-0.05, 0) is 18.4 Å². The van der Waals surface area contributed by atoms with Crippen LogP contribution < -0.4 is 10.6 Å². The monoisotopic (exact) mass is 335 g/mol. The second-order valence-corrected chi connectivity index (χ2v) is 6.15. The minimum absolute atomic E-state index is 0.0216. The Morgan fingerprint density at radius 3 is 2.74 bits per heavy atom. The van der Waals surface area contributed by atoms with Gasteiger partial charge >= 0.3 is 6.03 Å². The Balaban J connectivity index is 1.70. The molecule has 0 saturated carbocycles. The van der Waals surface area contributed by atoms with Crippen LogP contribution in [0.3, 0.4) is 0 Å². The van der Waals surface area contributed by atoms with E-state index in [1.165, 1.54) is 11.3 Å². The number of hydrogen-bond acceptors (Lipinski definition) is 5. The van der Waals surface area contributed by atoms with Crippen molar-refractivity contribution in [3.8, 4) is 6.07 Å². The minimum Gasteiger partial charge on any atom is -0.338 e. The average Bonchev–Trinajstić information content (AvgIpc) is 3.00. The number of amides is 3. The minimum atomic E-state index is -0.0879. The molecule has 1 aromatic heterocycles. The van der Waals surface area contributed by atoms with Crippen molar-refractivity contribution in [2.45, 2.75) is 13.3 Å². The zero-order valence-electron chi connectivity index (χ0n) is 13.2. The van der Waals surface area contributed by atoms with Gasteiger partial charge in [0.15, 0.2) is 0 Å². The summed E-state index contributed by atoms with van der Waals surface area (Å²) < 4.78 is 0. The molecule has 1 fully saturated rings. The van der Waals surface area contributed by atoms with Crippen molar-refractivity contribution in [2.75, 3.05) is 44.6 Å². The van der Waals surface area contributed by atoms with Gasteiger partial charge < -0.3 is 15.5 Å². The van der Waals surface area contributed by atoms with Crippen LogP contribution in [0.25, 0.3) is 0 Å². The Bertz CT molecular complexity index is 587. The number of rotatable bonds is 5. The highest BCUT2D eigenvalue weighted by atomic mass is 32.1. The summed E-state index contributed by atoms with van der Waals surface area (Å²) >= 11 is 1.35. The van der Waals surface area contributed by atoms with E-state index in [1.54, 1.807) is 16.3 Å². The van der Waals surface area contributed by atoms with E-state index in [2.05, 4.69) is 21.6 Å². The van der Waals surface area contributed by atoms with Crippen LogP contribution >= 0.6 is 11.3 Å². The lowest BCUT2D eigenvalue weighted by molar-refractivity contribution is -0.116. The van der Waals surface area contributed by atoms with E-state index in [1.807, 2.05) is 6.92 Å². The maximum absolute atomic E-state index is 12.0. The van der Waals surface area contributed by atoms with Crippen molar-refractivity contribution in [2.24, 2.45) is 0 Å². The highest BCUT2D eigenvalue weighted by Gasteiger charge is 2.20. The highest BCUT2D eigenvalue weighted by molar-refractivity contribution is 7.14. The first-order chi connectivity index (χ1) is 11.1. The topological polar surface area (TPSA) is 88.5 Å². The number of anilines is 1. The molecule has 1 saturated heterocycles. The van der Waals surface area contributed by atoms with Gasteiger partial charge in [0.25, 0.3) is 0 Å². The van der Waals surface area contributed by atoms with Crippen LogP contribution in [0.2, 0.25) is 0 Å². The molecular formula is C15H21N5O2S. The molecule has 7 nitrogen and oxygen atoms in total. The number of nitrogens with one attached hydrogen (secondary N) is 2. The third-order valence-corrected chi connectivity index (χ3v) is 4.51. The number of nitrogens with zero attached hydrogens (tertiary/aromatic N) is 3. The van der Waals surface area contributed by atoms with Gasteiger partial charge in [-0.15, -0.1) is 11.3 Å². The van der Waals surface area contributed by atoms with Crippen LogP contribution in [0.5, 0.6) is 0 Å². The molecule has 0 radical (unpaired) electrons. The molecule has 1 aliphatic rings. The summed E-state index contributed by atoms with van der Waals surface area (Å²) in [5.41, 5.74) is 0.499. The number of thiophene rings is 1. The predicted molar refractivity (Wildman–Crippen MR) is 89.4 cm³/mol. The first-order valence-electron chi connectivity index (χ1n) is 7.66. The molecule has 0 spiro atoms. The van der Waals surface area contributed by atoms with Gasteiger partial charge in [-0.25, -0.2) is 4.79 Å². The molecule has 124 valence electrons. The quantitative estimate of drug-likeness (QED) is 0.849. The molecule has 1 aromatic rings. The second-order valence-electron chi connectivity index (χ2n) is 5.24. The Morgan fingerprint density at radius 1 is 1.35 bits per heavy atom. The molecule has 2 N–H and O–H groups in total. The van der Waals surface area contributed by atoms with Gasteiger partial charge in [-0.2, -0.15) is 5.26 Å². The van der Waals surface area contributed by atoms with Crippen LogP contribution in [0.1, 0.15) is 18.9 Å². The summed E-state index contributed by atoms with van der Waals surface area (Å²) in [4.78, 5) is 27.7. The van der Waals surface area contributed by atoms with Crippen LogP contribution in [-0.2, 0) is 4.79 Å². The highest BCUT2D eigenvalue weighted by Crippen LogP contribution is 2.22. The summed E-state index contributed by atoms with van der Waals surface area (Å²) in [5, 5.41) is 16.9. The molecule has 3 amide bonds. The average molecular weight is 335 g/mol. The molecule has 8 heteroatoms. The lowest BCUT2D eigenvalue weighted by Gasteiger charge is -2.34. The maximum Gasteiger partial charge on any atom is 0.317 e. The Hall–Kier alpha value is -2.11. The summed E-state index contributed by atoms with van der Waals surface area (Å²) in [7, 11) is 0. The third kappa shape index (κ3) is 4.94. The smallest absolute Gasteiger partial charge is 0.317 e. The number of nitriles is 1. The Labute approximate surface area is 139 Å². The first-order valence-corrected chi connectivity index (χ1v) is 8.54. The van der Waals surface area contributed by atoms with Gasteiger partial charge in [0.2, 0.25) is 5.91 Å². The third-order valence-electron chi connectivity index (χ3n) is 3.68. The molecule has 0 unspecified atom stereocenters. The van der Waals surface area contributed by atoms with E-state index < -0.39 is 0 Å². The first kappa shape index (κ1) is 17.2. The van der Waals surface area contributed by atoms with Crippen molar-refractivity contribution in [3.63, 3.8) is 0 Å². The standard InChI is InChI=1S/C15H21N5O2S/c1-2-17-15(22)20-8-6-19(7-9-20)5-3-13(21)18-14-12(11-16)4-10-23-14/h4,10H,2-3,5-9H2,1H3,(H,17,22)(H,18,21). The van der Waals surface area contributed by atoms with Crippen molar-refractivity contribution in [3.05, 3.63) is 17.0 Å². The maximum atomic E-state index is 12.0. The van der Waals surface area contributed by atoms with E-state index in [4.69, 9.17) is 5.26 Å². The van der Waals surface area contributed by atoms with E-state index >= 15 is 0 Å². The van der Waals surface area contributed by atoms with Gasteiger partial charge in [0.1, 0.15) is 11.1 Å². The molecule has 23 heavy (non-hydrogen) atoms. The SMILES string of the molecule is CCNC(=O)N1CCN(CCC(=O)Nc2sccc2C#N)CC1. The number of hydrogen-bond donors (Lipinski definition) is 2. The van der Waals surface area contributed by atoms with Crippen molar-refractivity contribution < 1.29 is 9.59 Å². The van der Waals surface area contributed by atoms with Crippen molar-refractivity contribution in [1.82, 2.24) is 15.1 Å².